The third-order valence-corrected chi connectivity index (χ3v) is 3.78. The van der Waals surface area contributed by atoms with Crippen LogP contribution in [0.4, 0.5) is 5.00 Å². The molecule has 0 bridgehead atoms. The lowest BCUT2D eigenvalue weighted by Crippen LogP contribution is -2.05. The molecule has 1 N–H and O–H groups in total. The zero-order chi connectivity index (χ0) is 9.42. The maximum Gasteiger partial charge on any atom is 0.221 e. The molecule has 1 aliphatic carbocycles. The zero-order valence-corrected chi connectivity index (χ0v) is 8.75. The molecule has 1 aromatic heterocycles. The summed E-state index contributed by atoms with van der Waals surface area (Å²) in [7, 11) is 0. The fourth-order valence-corrected chi connectivity index (χ4v) is 3.18. The fourth-order valence-electron chi connectivity index (χ4n) is 1.84. The Labute approximate surface area is 82.0 Å². The highest BCUT2D eigenvalue weighted by molar-refractivity contribution is 7.16. The minimum absolute atomic E-state index is 0.0306. The topological polar surface area (TPSA) is 29.1 Å². The van der Waals surface area contributed by atoms with Gasteiger partial charge in [0.15, 0.2) is 0 Å². The predicted octanol–water partition coefficient (Wildman–Crippen LogP) is 2.50. The smallest absolute Gasteiger partial charge is 0.221 e. The summed E-state index contributed by atoms with van der Waals surface area (Å²) in [5, 5.41) is 3.94. The van der Waals surface area contributed by atoms with Gasteiger partial charge in [0.2, 0.25) is 5.91 Å². The van der Waals surface area contributed by atoms with Crippen LogP contribution in [-0.2, 0) is 17.6 Å². The number of rotatable bonds is 1. The number of nitrogens with one attached hydrogen (secondary N) is 1. The van der Waals surface area contributed by atoms with Gasteiger partial charge in [0.05, 0.1) is 5.00 Å². The first-order chi connectivity index (χ1) is 6.18. The van der Waals surface area contributed by atoms with Crippen molar-refractivity contribution >= 4 is 22.2 Å². The number of thiophene rings is 1. The predicted molar refractivity (Wildman–Crippen MR) is 55.4 cm³/mol. The standard InChI is InChI=1S/C10H13NOS/c1-6-8-4-3-5-9(8)13-10(6)11-7(2)12/h3-5H2,1-2H3,(H,11,12). The number of aryl methyl sites for hydroxylation is 1. The third-order valence-electron chi connectivity index (χ3n) is 2.48. The van der Waals surface area contributed by atoms with E-state index in [-0.39, 0.29) is 5.91 Å². The van der Waals surface area contributed by atoms with E-state index >= 15 is 0 Å². The van der Waals surface area contributed by atoms with Crippen molar-refractivity contribution in [1.82, 2.24) is 0 Å². The molecule has 2 rings (SSSR count). The van der Waals surface area contributed by atoms with Gasteiger partial charge in [-0.05, 0) is 37.3 Å². The van der Waals surface area contributed by atoms with Crippen molar-refractivity contribution in [1.29, 1.82) is 0 Å². The molecule has 1 aliphatic rings. The highest BCUT2D eigenvalue weighted by Gasteiger charge is 2.19. The summed E-state index contributed by atoms with van der Waals surface area (Å²) in [6, 6.07) is 0. The Morgan fingerprint density at radius 3 is 2.85 bits per heavy atom. The average Bonchev–Trinajstić information content (AvgIpc) is 2.56. The molecule has 3 heteroatoms. The van der Waals surface area contributed by atoms with Crippen LogP contribution >= 0.6 is 11.3 Å². The van der Waals surface area contributed by atoms with E-state index in [0.29, 0.717) is 0 Å². The summed E-state index contributed by atoms with van der Waals surface area (Å²) in [5.41, 5.74) is 2.77. The lowest BCUT2D eigenvalue weighted by molar-refractivity contribution is -0.114. The largest absolute Gasteiger partial charge is 0.318 e. The molecular weight excluding hydrogens is 182 g/mol. The maximum absolute atomic E-state index is 10.9. The average molecular weight is 195 g/mol. The Kier molecular flexibility index (Phi) is 2.12. The van der Waals surface area contributed by atoms with Gasteiger partial charge in [-0.2, -0.15) is 0 Å². The molecule has 1 amide bonds. The number of hydrogen-bond donors (Lipinski definition) is 1. The van der Waals surface area contributed by atoms with E-state index in [1.54, 1.807) is 18.3 Å². The number of carbonyl (C=O) groups is 1. The molecule has 0 aromatic carbocycles. The Balaban J connectivity index is 2.33. The van der Waals surface area contributed by atoms with Gasteiger partial charge in [0.1, 0.15) is 0 Å². The summed E-state index contributed by atoms with van der Waals surface area (Å²) in [6.45, 7) is 3.66. The molecule has 0 spiro atoms. The van der Waals surface area contributed by atoms with Crippen LogP contribution in [0.2, 0.25) is 0 Å². The van der Waals surface area contributed by atoms with Gasteiger partial charge in [0, 0.05) is 11.8 Å². The second-order valence-corrected chi connectivity index (χ2v) is 4.60. The highest BCUT2D eigenvalue weighted by atomic mass is 32.1. The van der Waals surface area contributed by atoms with E-state index in [1.165, 1.54) is 35.3 Å². The van der Waals surface area contributed by atoms with Crippen LogP contribution in [-0.4, -0.2) is 5.91 Å². The van der Waals surface area contributed by atoms with Gasteiger partial charge in [-0.15, -0.1) is 11.3 Å². The minimum atomic E-state index is 0.0306. The second-order valence-electron chi connectivity index (χ2n) is 3.49. The van der Waals surface area contributed by atoms with Crippen LogP contribution < -0.4 is 5.32 Å². The highest BCUT2D eigenvalue weighted by Crippen LogP contribution is 2.38. The number of carbonyl (C=O) groups excluding carboxylic acids is 1. The first-order valence-corrected chi connectivity index (χ1v) is 5.39. The quantitative estimate of drug-likeness (QED) is 0.733. The SMILES string of the molecule is CC(=O)Nc1sc2c(c1C)CCC2. The molecule has 0 aliphatic heterocycles. The van der Waals surface area contributed by atoms with Crippen molar-refractivity contribution in [3.63, 3.8) is 0 Å². The number of amides is 1. The molecule has 0 fully saturated rings. The Bertz CT molecular complexity index is 354. The van der Waals surface area contributed by atoms with Gasteiger partial charge < -0.3 is 5.32 Å². The first kappa shape index (κ1) is 8.75. The van der Waals surface area contributed by atoms with Gasteiger partial charge >= 0.3 is 0 Å². The monoisotopic (exact) mass is 195 g/mol. The van der Waals surface area contributed by atoms with Gasteiger partial charge in [-0.3, -0.25) is 4.79 Å². The molecule has 1 heterocycles. The van der Waals surface area contributed by atoms with Gasteiger partial charge in [-0.25, -0.2) is 0 Å². The minimum Gasteiger partial charge on any atom is -0.318 e. The molecule has 0 atom stereocenters. The molecular formula is C10H13NOS. The third kappa shape index (κ3) is 1.48. The van der Waals surface area contributed by atoms with Crippen molar-refractivity contribution < 1.29 is 4.79 Å². The molecule has 13 heavy (non-hydrogen) atoms. The van der Waals surface area contributed by atoms with E-state index < -0.39 is 0 Å². The first-order valence-electron chi connectivity index (χ1n) is 4.57. The van der Waals surface area contributed by atoms with Crippen molar-refractivity contribution in [3.05, 3.63) is 16.0 Å². The zero-order valence-electron chi connectivity index (χ0n) is 7.94. The lowest BCUT2D eigenvalue weighted by Gasteiger charge is -2.00. The van der Waals surface area contributed by atoms with Gasteiger partial charge in [-0.1, -0.05) is 0 Å². The van der Waals surface area contributed by atoms with E-state index in [4.69, 9.17) is 0 Å². The van der Waals surface area contributed by atoms with Crippen molar-refractivity contribution in [2.45, 2.75) is 33.1 Å². The number of fused-ring (bicyclic) bond motifs is 1. The van der Waals surface area contributed by atoms with Crippen LogP contribution in [0.5, 0.6) is 0 Å². The molecule has 0 radical (unpaired) electrons. The van der Waals surface area contributed by atoms with Crippen LogP contribution in [0.3, 0.4) is 0 Å². The van der Waals surface area contributed by atoms with E-state index in [2.05, 4.69) is 12.2 Å². The van der Waals surface area contributed by atoms with E-state index in [0.717, 1.165) is 5.00 Å². The molecule has 2 nitrogen and oxygen atoms in total. The summed E-state index contributed by atoms with van der Waals surface area (Å²) < 4.78 is 0. The number of hydrogen-bond acceptors (Lipinski definition) is 2. The molecule has 0 unspecified atom stereocenters. The molecule has 70 valence electrons. The summed E-state index contributed by atoms with van der Waals surface area (Å²) in [5.74, 6) is 0.0306. The maximum atomic E-state index is 10.9. The molecule has 1 aromatic rings. The van der Waals surface area contributed by atoms with Crippen molar-refractivity contribution in [2.75, 3.05) is 5.32 Å². The fraction of sp³-hybridized carbons (Fsp3) is 0.500. The second kappa shape index (κ2) is 3.14. The summed E-state index contributed by atoms with van der Waals surface area (Å²) in [6.07, 6.45) is 3.67. The lowest BCUT2D eigenvalue weighted by atomic mass is 10.1. The van der Waals surface area contributed by atoms with E-state index in [9.17, 15) is 4.79 Å². The van der Waals surface area contributed by atoms with Crippen molar-refractivity contribution in [2.24, 2.45) is 0 Å². The summed E-state index contributed by atoms with van der Waals surface area (Å²) in [4.78, 5) is 12.4. The van der Waals surface area contributed by atoms with Gasteiger partial charge in [0.25, 0.3) is 0 Å². The van der Waals surface area contributed by atoms with Crippen LogP contribution in [0, 0.1) is 6.92 Å². The molecule has 0 saturated carbocycles. The Hall–Kier alpha value is -0.830. The van der Waals surface area contributed by atoms with E-state index in [1.807, 2.05) is 0 Å². The van der Waals surface area contributed by atoms with Crippen LogP contribution in [0.1, 0.15) is 29.3 Å². The van der Waals surface area contributed by atoms with Crippen LogP contribution in [0.25, 0.3) is 0 Å². The van der Waals surface area contributed by atoms with Crippen LogP contribution in [0.15, 0.2) is 0 Å². The Morgan fingerprint density at radius 2 is 2.23 bits per heavy atom. The van der Waals surface area contributed by atoms with Crippen molar-refractivity contribution in [3.8, 4) is 0 Å². The molecule has 0 saturated heterocycles. The Morgan fingerprint density at radius 1 is 1.46 bits per heavy atom. The normalized spacial score (nSPS) is 14.3. The summed E-state index contributed by atoms with van der Waals surface area (Å²) >= 11 is 1.74. The number of anilines is 1.